The lowest BCUT2D eigenvalue weighted by atomic mass is 10.2. The molecule has 0 aliphatic heterocycles. The van der Waals surface area contributed by atoms with E-state index in [1.807, 2.05) is 18.2 Å². The van der Waals surface area contributed by atoms with Crippen LogP contribution in [0.25, 0.3) is 11.3 Å². The lowest BCUT2D eigenvalue weighted by Gasteiger charge is -2.01. The van der Waals surface area contributed by atoms with Crippen molar-refractivity contribution >= 4 is 60.3 Å². The van der Waals surface area contributed by atoms with Crippen molar-refractivity contribution in [1.82, 2.24) is 5.16 Å². The maximum absolute atomic E-state index is 5.60. The summed E-state index contributed by atoms with van der Waals surface area (Å²) in [5.41, 5.74) is 6.53. The summed E-state index contributed by atoms with van der Waals surface area (Å²) in [5.74, 6) is 0.994. The number of aromatic nitrogens is 1. The van der Waals surface area contributed by atoms with Gasteiger partial charge in [-0.2, -0.15) is 0 Å². The average molecular weight is 444 g/mol. The Hall–Kier alpha value is -0.0800. The van der Waals surface area contributed by atoms with E-state index < -0.39 is 0 Å². The van der Waals surface area contributed by atoms with Gasteiger partial charge in [0.2, 0.25) is 0 Å². The van der Waals surface area contributed by atoms with E-state index in [2.05, 4.69) is 59.6 Å². The van der Waals surface area contributed by atoms with E-state index >= 15 is 0 Å². The Labute approximate surface area is 117 Å². The summed E-state index contributed by atoms with van der Waals surface area (Å²) in [6.45, 7) is 0. The van der Waals surface area contributed by atoms with E-state index in [-0.39, 0.29) is 0 Å². The molecule has 1 aromatic carbocycles. The first-order chi connectivity index (χ1) is 7.09. The number of benzene rings is 1. The fraction of sp³-hybridized carbons (Fsp3) is 0. The van der Waals surface area contributed by atoms with Gasteiger partial charge in [0, 0.05) is 13.6 Å². The van der Waals surface area contributed by atoms with Crippen LogP contribution >= 0.6 is 54.5 Å². The van der Waals surface area contributed by atoms with Crippen molar-refractivity contribution in [2.45, 2.75) is 0 Å². The Kier molecular flexibility index (Phi) is 3.36. The molecule has 0 spiro atoms. The van der Waals surface area contributed by atoms with Crippen LogP contribution in [0.4, 0.5) is 5.82 Å². The Morgan fingerprint density at radius 3 is 2.67 bits per heavy atom. The van der Waals surface area contributed by atoms with Gasteiger partial charge in [0.25, 0.3) is 0 Å². The van der Waals surface area contributed by atoms with E-state index in [0.717, 1.165) is 13.6 Å². The van der Waals surface area contributed by atoms with Crippen molar-refractivity contribution in [1.29, 1.82) is 0 Å². The first kappa shape index (κ1) is 11.4. The predicted molar refractivity (Wildman–Crippen MR) is 74.5 cm³/mol. The van der Waals surface area contributed by atoms with Gasteiger partial charge < -0.3 is 10.3 Å². The second-order valence-corrected chi connectivity index (χ2v) is 5.73. The van der Waals surface area contributed by atoms with Gasteiger partial charge in [0.1, 0.15) is 4.47 Å². The minimum atomic E-state index is 0.357. The largest absolute Gasteiger partial charge is 0.380 e. The average Bonchev–Trinajstić information content (AvgIpc) is 2.52. The summed E-state index contributed by atoms with van der Waals surface area (Å²) in [6.07, 6.45) is 0. The standard InChI is InChI=1S/C9H5Br2IN2O/c10-6-2-1-4(12)3-5(6)8-7(11)9(13)14-15-8/h1-3H,(H2,13,14). The third kappa shape index (κ3) is 2.21. The molecule has 78 valence electrons. The summed E-state index contributed by atoms with van der Waals surface area (Å²) in [7, 11) is 0. The quantitative estimate of drug-likeness (QED) is 0.676. The number of hydrogen-bond donors (Lipinski definition) is 1. The molecule has 2 rings (SSSR count). The van der Waals surface area contributed by atoms with Crippen molar-refractivity contribution in [2.75, 3.05) is 5.73 Å². The van der Waals surface area contributed by atoms with Crippen LogP contribution in [0.2, 0.25) is 0 Å². The molecule has 2 N–H and O–H groups in total. The van der Waals surface area contributed by atoms with Crippen LogP contribution in [0, 0.1) is 3.57 Å². The number of hydrogen-bond acceptors (Lipinski definition) is 3. The molecule has 15 heavy (non-hydrogen) atoms. The Bertz CT molecular complexity index is 513. The summed E-state index contributed by atoms with van der Waals surface area (Å²) >= 11 is 9.04. The van der Waals surface area contributed by atoms with Gasteiger partial charge in [-0.15, -0.1) is 0 Å². The molecule has 3 nitrogen and oxygen atoms in total. The highest BCUT2D eigenvalue weighted by atomic mass is 127. The highest BCUT2D eigenvalue weighted by molar-refractivity contribution is 14.1. The van der Waals surface area contributed by atoms with Gasteiger partial charge >= 0.3 is 0 Å². The van der Waals surface area contributed by atoms with E-state index in [1.165, 1.54) is 0 Å². The van der Waals surface area contributed by atoms with Crippen molar-refractivity contribution in [3.63, 3.8) is 0 Å². The summed E-state index contributed by atoms with van der Waals surface area (Å²) < 4.78 is 7.91. The first-order valence-corrected chi connectivity index (χ1v) is 6.62. The molecule has 0 saturated carbocycles. The lowest BCUT2D eigenvalue weighted by Crippen LogP contribution is -1.84. The zero-order valence-electron chi connectivity index (χ0n) is 7.30. The SMILES string of the molecule is Nc1noc(-c2cc(I)ccc2Br)c1Br. The number of anilines is 1. The monoisotopic (exact) mass is 442 g/mol. The van der Waals surface area contributed by atoms with E-state index in [4.69, 9.17) is 10.3 Å². The van der Waals surface area contributed by atoms with Gasteiger partial charge in [0.05, 0.1) is 0 Å². The summed E-state index contributed by atoms with van der Waals surface area (Å²) in [6, 6.07) is 5.96. The highest BCUT2D eigenvalue weighted by Crippen LogP contribution is 2.37. The fourth-order valence-corrected chi connectivity index (χ4v) is 2.41. The molecule has 1 heterocycles. The van der Waals surface area contributed by atoms with Crippen molar-refractivity contribution < 1.29 is 4.52 Å². The highest BCUT2D eigenvalue weighted by Gasteiger charge is 2.15. The lowest BCUT2D eigenvalue weighted by molar-refractivity contribution is 0.435. The van der Waals surface area contributed by atoms with E-state index in [0.29, 0.717) is 16.1 Å². The van der Waals surface area contributed by atoms with E-state index in [1.54, 1.807) is 0 Å². The second-order valence-electron chi connectivity index (χ2n) is 2.84. The number of nitrogen functional groups attached to an aromatic ring is 1. The van der Waals surface area contributed by atoms with Gasteiger partial charge in [-0.05, 0) is 56.7 Å². The molecule has 6 heteroatoms. The molecular weight excluding hydrogens is 439 g/mol. The third-order valence-corrected chi connectivity index (χ3v) is 3.96. The van der Waals surface area contributed by atoms with Crippen LogP contribution in [-0.4, -0.2) is 5.16 Å². The minimum absolute atomic E-state index is 0.357. The molecule has 0 fully saturated rings. The summed E-state index contributed by atoms with van der Waals surface area (Å²) in [5, 5.41) is 3.70. The molecular formula is C9H5Br2IN2O. The normalized spacial score (nSPS) is 10.6. The molecule has 1 aromatic heterocycles. The van der Waals surface area contributed by atoms with Gasteiger partial charge in [-0.1, -0.05) is 21.1 Å². The zero-order valence-corrected chi connectivity index (χ0v) is 12.6. The molecule has 0 saturated heterocycles. The van der Waals surface area contributed by atoms with Crippen molar-refractivity contribution in [3.05, 3.63) is 30.7 Å². The van der Waals surface area contributed by atoms with Gasteiger partial charge in [-0.25, -0.2) is 0 Å². The number of halogens is 3. The minimum Gasteiger partial charge on any atom is -0.380 e. The van der Waals surface area contributed by atoms with Crippen LogP contribution in [0.3, 0.4) is 0 Å². The molecule has 0 aliphatic carbocycles. The Balaban J connectivity index is 2.63. The molecule has 0 amide bonds. The third-order valence-electron chi connectivity index (χ3n) is 1.83. The molecule has 0 radical (unpaired) electrons. The Morgan fingerprint density at radius 1 is 1.33 bits per heavy atom. The van der Waals surface area contributed by atoms with Crippen LogP contribution in [-0.2, 0) is 0 Å². The second kappa shape index (κ2) is 4.42. The summed E-state index contributed by atoms with van der Waals surface area (Å²) in [4.78, 5) is 0. The first-order valence-electron chi connectivity index (χ1n) is 3.95. The van der Waals surface area contributed by atoms with Gasteiger partial charge in [0.15, 0.2) is 11.6 Å². The van der Waals surface area contributed by atoms with Crippen molar-refractivity contribution in [2.24, 2.45) is 0 Å². The number of rotatable bonds is 1. The molecule has 0 unspecified atom stereocenters. The van der Waals surface area contributed by atoms with Crippen LogP contribution in [0.1, 0.15) is 0 Å². The van der Waals surface area contributed by atoms with Crippen LogP contribution in [0.15, 0.2) is 31.7 Å². The molecule has 2 aromatic rings. The predicted octanol–water partition coefficient (Wildman–Crippen LogP) is 4.05. The van der Waals surface area contributed by atoms with E-state index in [9.17, 15) is 0 Å². The molecule has 0 aliphatic rings. The zero-order chi connectivity index (χ0) is 11.0. The topological polar surface area (TPSA) is 52.0 Å². The van der Waals surface area contributed by atoms with Gasteiger partial charge in [-0.3, -0.25) is 0 Å². The van der Waals surface area contributed by atoms with Crippen LogP contribution in [0.5, 0.6) is 0 Å². The maximum atomic E-state index is 5.60. The molecule has 0 bridgehead atoms. The smallest absolute Gasteiger partial charge is 0.184 e. The molecule has 0 atom stereocenters. The number of nitrogens with two attached hydrogens (primary N) is 1. The Morgan fingerprint density at radius 2 is 2.07 bits per heavy atom. The fourth-order valence-electron chi connectivity index (χ4n) is 1.13. The van der Waals surface area contributed by atoms with Crippen LogP contribution < -0.4 is 5.73 Å². The number of nitrogens with zero attached hydrogens (tertiary/aromatic N) is 1. The maximum Gasteiger partial charge on any atom is 0.184 e. The van der Waals surface area contributed by atoms with Crippen molar-refractivity contribution in [3.8, 4) is 11.3 Å².